The summed E-state index contributed by atoms with van der Waals surface area (Å²) in [4.78, 5) is 135. The molecule has 0 aliphatic carbocycles. The number of amides is 8. The van der Waals surface area contributed by atoms with Crippen LogP contribution in [0.4, 0.5) is 0 Å². The molecule has 29 heteroatoms. The van der Waals surface area contributed by atoms with E-state index in [4.69, 9.17) is 28.7 Å². The Balaban J connectivity index is 1.45. The number of likely N-dealkylation sites (tertiary alicyclic amines) is 1. The maximum absolute atomic E-state index is 14.1. The van der Waals surface area contributed by atoms with Crippen LogP contribution in [0.15, 0.2) is 81.9 Å². The molecule has 1 aliphatic heterocycles. The number of nitrogens with two attached hydrogens (primary N) is 5. The maximum Gasteiger partial charge on any atom is 0.326 e. The predicted octanol–water partition coefficient (Wildman–Crippen LogP) is -3.33. The Morgan fingerprint density at radius 1 is 0.720 bits per heavy atom. The van der Waals surface area contributed by atoms with Gasteiger partial charge in [-0.05, 0) is 87.1 Å². The van der Waals surface area contributed by atoms with Gasteiger partial charge in [0.25, 0.3) is 0 Å². The number of carboxylic acid groups (broad SMARTS) is 1. The number of benzene rings is 2. The first-order valence-corrected chi connectivity index (χ1v) is 27.9. The molecule has 20 N–H and O–H groups in total. The Morgan fingerprint density at radius 3 is 2.01 bits per heavy atom. The quantitative estimate of drug-likeness (QED) is 0.0119. The number of nitrogens with one attached hydrogen (secondary N) is 7. The normalized spacial score (nSPS) is 15.4. The van der Waals surface area contributed by atoms with Crippen molar-refractivity contribution in [2.75, 3.05) is 45.1 Å². The van der Waals surface area contributed by atoms with Crippen molar-refractivity contribution in [3.05, 3.63) is 72.6 Å². The Kier molecular flexibility index (Phi) is 28.2. The van der Waals surface area contributed by atoms with Crippen LogP contribution in [0.5, 0.6) is 0 Å². The first-order valence-electron chi connectivity index (χ1n) is 26.9. The molecule has 1 fully saturated rings. The van der Waals surface area contributed by atoms with Gasteiger partial charge in [-0.25, -0.2) is 4.79 Å². The van der Waals surface area contributed by atoms with Gasteiger partial charge in [-0.1, -0.05) is 42.5 Å². The molecule has 8 atom stereocenters. The van der Waals surface area contributed by atoms with E-state index in [1.54, 1.807) is 54.5 Å². The molecule has 0 unspecified atom stereocenters. The van der Waals surface area contributed by atoms with Crippen LogP contribution in [0.3, 0.4) is 0 Å². The second-order valence-corrected chi connectivity index (χ2v) is 20.6. The lowest BCUT2D eigenvalue weighted by Gasteiger charge is -2.29. The third kappa shape index (κ3) is 22.8. The number of aliphatic hydroxyl groups excluding tert-OH is 2. The number of rotatable bonds is 35. The Morgan fingerprint density at radius 2 is 1.34 bits per heavy atom. The number of hydrogen-bond acceptors (Lipinski definition) is 16. The van der Waals surface area contributed by atoms with Crippen molar-refractivity contribution < 1.29 is 58.5 Å². The van der Waals surface area contributed by atoms with Crippen LogP contribution in [0.2, 0.25) is 0 Å². The molecule has 1 saturated heterocycles. The zero-order valence-electron chi connectivity index (χ0n) is 45.8. The van der Waals surface area contributed by atoms with Gasteiger partial charge >= 0.3 is 5.97 Å². The molecule has 4 rings (SSSR count). The van der Waals surface area contributed by atoms with Crippen molar-refractivity contribution in [1.29, 1.82) is 0 Å². The summed E-state index contributed by atoms with van der Waals surface area (Å²) >= 11 is 1.65. The lowest BCUT2D eigenvalue weighted by atomic mass is 10.0. The summed E-state index contributed by atoms with van der Waals surface area (Å²) in [5.41, 5.74) is 28.5. The molecule has 0 saturated carbocycles. The first-order chi connectivity index (χ1) is 39.2. The van der Waals surface area contributed by atoms with Gasteiger partial charge in [0.05, 0.1) is 18.8 Å². The molecule has 1 aliphatic rings. The van der Waals surface area contributed by atoms with E-state index in [1.807, 2.05) is 24.3 Å². The lowest BCUT2D eigenvalue weighted by Crippen LogP contribution is -2.62. The number of aliphatic carboxylic acids is 1. The van der Waals surface area contributed by atoms with E-state index in [1.165, 1.54) is 4.90 Å². The van der Waals surface area contributed by atoms with Crippen LogP contribution in [0.1, 0.15) is 76.7 Å². The topological polar surface area (TPSA) is 469 Å². The maximum atomic E-state index is 14.1. The highest BCUT2D eigenvalue weighted by molar-refractivity contribution is 7.99. The van der Waals surface area contributed by atoms with Gasteiger partial charge in [0.2, 0.25) is 47.3 Å². The number of hydrogen-bond donors (Lipinski definition) is 15. The van der Waals surface area contributed by atoms with E-state index in [0.717, 1.165) is 28.3 Å². The number of carbonyl (C=O) groups excluding carboxylic acids is 8. The van der Waals surface area contributed by atoms with Crippen LogP contribution < -0.4 is 65.9 Å². The van der Waals surface area contributed by atoms with Crippen molar-refractivity contribution in [2.45, 2.75) is 131 Å². The molecule has 82 heavy (non-hydrogen) atoms. The molecule has 28 nitrogen and oxygen atoms in total. The number of aromatic nitrogens is 1. The third-order valence-electron chi connectivity index (χ3n) is 13.0. The minimum atomic E-state index is -1.84. The highest BCUT2D eigenvalue weighted by atomic mass is 32.2. The number of guanidine groups is 2. The zero-order chi connectivity index (χ0) is 60.1. The molecular weight excluding hydrogens is 1080 g/mol. The summed E-state index contributed by atoms with van der Waals surface area (Å²) in [6.45, 7) is 0.842. The monoisotopic (exact) mass is 1160 g/mol. The lowest BCUT2D eigenvalue weighted by molar-refractivity contribution is -0.142. The SMILES string of the molecule is C[C@@H](O)[C@H](NC(=O)[C@H](CCCN=C(N)N)NC(=O)[C@@H]1CCCN1C(=O)[C@@H](N)CCCN=C(N)N)C(=O)N[C@@H](CCC(=O)NCCC(=O)NCCCSc1cccc2cnccc12)C(=O)N[C@@H](CO)C(=O)N[C@@H](Cc1ccccc1)C(=O)O. The molecule has 2 heterocycles. The summed E-state index contributed by atoms with van der Waals surface area (Å²) < 4.78 is 0. The fourth-order valence-electron chi connectivity index (χ4n) is 8.65. The van der Waals surface area contributed by atoms with Crippen LogP contribution >= 0.6 is 11.8 Å². The predicted molar refractivity (Wildman–Crippen MR) is 306 cm³/mol. The summed E-state index contributed by atoms with van der Waals surface area (Å²) in [7, 11) is 0. The number of carboxylic acids is 1. The smallest absolute Gasteiger partial charge is 0.326 e. The van der Waals surface area contributed by atoms with Crippen LogP contribution in [0, 0.1) is 0 Å². The molecular formula is C53H78N16O12S. The Bertz CT molecular complexity index is 2690. The second kappa shape index (κ2) is 34.9. The fourth-order valence-corrected chi connectivity index (χ4v) is 9.67. The van der Waals surface area contributed by atoms with Crippen molar-refractivity contribution in [2.24, 2.45) is 38.7 Å². The minimum Gasteiger partial charge on any atom is -0.480 e. The van der Waals surface area contributed by atoms with Gasteiger partial charge in [0.1, 0.15) is 36.3 Å². The van der Waals surface area contributed by atoms with Crippen LogP contribution in [-0.4, -0.2) is 184 Å². The van der Waals surface area contributed by atoms with Gasteiger partial charge < -0.3 is 86.1 Å². The molecule has 448 valence electrons. The number of nitrogens with zero attached hydrogens (tertiary/aromatic N) is 4. The Hall–Kier alpha value is -8.15. The minimum absolute atomic E-state index is 0.0189. The molecule has 0 radical (unpaired) electrons. The molecule has 0 bridgehead atoms. The average Bonchev–Trinajstić information content (AvgIpc) is 4.16. The van der Waals surface area contributed by atoms with Crippen molar-refractivity contribution in [3.63, 3.8) is 0 Å². The molecule has 1 aromatic heterocycles. The summed E-state index contributed by atoms with van der Waals surface area (Å²) in [5.74, 6) is -7.64. The van der Waals surface area contributed by atoms with E-state index in [-0.39, 0.29) is 82.5 Å². The number of aliphatic imine (C=N–C) groups is 2. The fraction of sp³-hybridized carbons (Fsp3) is 0.509. The van der Waals surface area contributed by atoms with Gasteiger partial charge in [-0.2, -0.15) is 0 Å². The number of pyridine rings is 1. The first kappa shape index (κ1) is 66.4. The molecule has 0 spiro atoms. The van der Waals surface area contributed by atoms with E-state index in [9.17, 15) is 58.5 Å². The second-order valence-electron chi connectivity index (χ2n) is 19.4. The zero-order valence-corrected chi connectivity index (χ0v) is 46.6. The number of thioether (sulfide) groups is 1. The van der Waals surface area contributed by atoms with Gasteiger partial charge in [0.15, 0.2) is 11.9 Å². The van der Waals surface area contributed by atoms with E-state index in [0.29, 0.717) is 31.4 Å². The summed E-state index contributed by atoms with van der Waals surface area (Å²) in [6.07, 6.45) is 2.58. The van der Waals surface area contributed by atoms with Crippen LogP contribution in [-0.2, 0) is 49.6 Å². The molecule has 3 aromatic rings. The van der Waals surface area contributed by atoms with E-state index in [2.05, 4.69) is 52.2 Å². The summed E-state index contributed by atoms with van der Waals surface area (Å²) in [5, 5.41) is 50.6. The largest absolute Gasteiger partial charge is 0.480 e. The highest BCUT2D eigenvalue weighted by Crippen LogP contribution is 2.27. The molecule has 2 aromatic carbocycles. The van der Waals surface area contributed by atoms with E-state index >= 15 is 0 Å². The third-order valence-corrected chi connectivity index (χ3v) is 14.1. The van der Waals surface area contributed by atoms with Crippen LogP contribution in [0.25, 0.3) is 10.8 Å². The standard InChI is InChI=1S/C53H78N16O12S/c1-31(71)44(68-46(75)36(14-7-22-63-53(57)58)64-48(77)40-15-8-26-69(40)50(79)35(54)13-6-21-62-52(55)56)49(78)65-37(45(74)67-39(30-70)47(76)66-38(51(80)81)28-32-10-3-2-4-11-32)17-18-42(72)61-25-20-43(73)60-23-9-27-82-41-16-5-12-33-29-59-24-19-34(33)41/h2-5,10-12,16,19,24,29,31,35-40,44,70-71H,6-9,13-15,17-18,20-23,25-28,30,54H2,1H3,(H,60,73)(H,61,72)(H,64,77)(H,65,78)(H,66,76)(H,67,74)(H,68,75)(H,80,81)(H4,55,56,62)(H4,57,58,63)/t31-,35+,36+,37+,38+,39+,40+,44+/m1/s1. The van der Waals surface area contributed by atoms with Gasteiger partial charge in [-0.3, -0.25) is 53.3 Å². The van der Waals surface area contributed by atoms with Crippen molar-refractivity contribution >= 4 is 87.7 Å². The Labute approximate surface area is 478 Å². The summed E-state index contributed by atoms with van der Waals surface area (Å²) in [6, 6.07) is 5.97. The molecule has 8 amide bonds. The van der Waals surface area contributed by atoms with Gasteiger partial charge in [-0.15, -0.1) is 11.8 Å². The van der Waals surface area contributed by atoms with Crippen molar-refractivity contribution in [1.82, 2.24) is 47.1 Å². The van der Waals surface area contributed by atoms with Gasteiger partial charge in [0, 0.05) is 74.7 Å². The van der Waals surface area contributed by atoms with E-state index < -0.39 is 115 Å². The number of fused-ring (bicyclic) bond motifs is 1. The number of carbonyl (C=O) groups is 9. The van der Waals surface area contributed by atoms with Crippen molar-refractivity contribution in [3.8, 4) is 0 Å². The average molecular weight is 1160 g/mol. The highest BCUT2D eigenvalue weighted by Gasteiger charge is 2.39. The number of aliphatic hydroxyl groups is 2.